The molecule has 2 nitrogen and oxygen atoms in total. The van der Waals surface area contributed by atoms with Gasteiger partial charge in [0.25, 0.3) is 0 Å². The zero-order valence-electron chi connectivity index (χ0n) is 9.76. The first-order chi connectivity index (χ1) is 7.50. The highest BCUT2D eigenvalue weighted by molar-refractivity contribution is 9.11. The molecule has 0 radical (unpaired) electrons. The molecule has 1 N–H and O–H groups in total. The Morgan fingerprint density at radius 1 is 1.56 bits per heavy atom. The first-order valence-electron chi connectivity index (χ1n) is 6.11. The van der Waals surface area contributed by atoms with Gasteiger partial charge >= 0.3 is 5.97 Å². The maximum absolute atomic E-state index is 11.0. The second-order valence-corrected chi connectivity index (χ2v) is 6.63. The van der Waals surface area contributed by atoms with Gasteiger partial charge in [0.1, 0.15) is 0 Å². The fourth-order valence-electron chi connectivity index (χ4n) is 2.92. The quantitative estimate of drug-likeness (QED) is 0.848. The molecule has 1 fully saturated rings. The molecule has 2 aliphatic carbocycles. The summed E-state index contributed by atoms with van der Waals surface area (Å²) in [5.74, 6) is 0.147. The third kappa shape index (κ3) is 2.50. The summed E-state index contributed by atoms with van der Waals surface area (Å²) < 4.78 is 0.924. The lowest BCUT2D eigenvalue weighted by Crippen LogP contribution is -2.28. The Labute approximate surface area is 105 Å². The summed E-state index contributed by atoms with van der Waals surface area (Å²) in [7, 11) is 0. The van der Waals surface area contributed by atoms with Crippen molar-refractivity contribution in [2.45, 2.75) is 51.9 Å². The van der Waals surface area contributed by atoms with Crippen LogP contribution < -0.4 is 0 Å². The van der Waals surface area contributed by atoms with Crippen molar-refractivity contribution >= 4 is 21.9 Å². The summed E-state index contributed by atoms with van der Waals surface area (Å²) in [6.07, 6.45) is 8.07. The van der Waals surface area contributed by atoms with Crippen LogP contribution in [0.25, 0.3) is 0 Å². The van der Waals surface area contributed by atoms with E-state index in [2.05, 4.69) is 22.9 Å². The van der Waals surface area contributed by atoms with Crippen LogP contribution in [0.1, 0.15) is 51.9 Å². The molecule has 3 heteroatoms. The van der Waals surface area contributed by atoms with Crippen LogP contribution in [0, 0.1) is 11.3 Å². The molecule has 0 spiro atoms. The zero-order valence-corrected chi connectivity index (χ0v) is 11.3. The van der Waals surface area contributed by atoms with Gasteiger partial charge in [0, 0.05) is 10.1 Å². The number of hydrogen-bond acceptors (Lipinski definition) is 1. The molecule has 0 saturated heterocycles. The van der Waals surface area contributed by atoms with Gasteiger partial charge in [-0.15, -0.1) is 0 Å². The largest absolute Gasteiger partial charge is 0.478 e. The van der Waals surface area contributed by atoms with E-state index in [-0.39, 0.29) is 0 Å². The SMILES string of the molecule is C[C@]1(CC2CCC2)CCC(C(=O)O)=C(Br)C1. The van der Waals surface area contributed by atoms with Crippen molar-refractivity contribution in [3.8, 4) is 0 Å². The van der Waals surface area contributed by atoms with Crippen LogP contribution in [-0.4, -0.2) is 11.1 Å². The van der Waals surface area contributed by atoms with Gasteiger partial charge in [0.2, 0.25) is 0 Å². The smallest absolute Gasteiger partial charge is 0.332 e. The summed E-state index contributed by atoms with van der Waals surface area (Å²) in [5.41, 5.74) is 0.911. The lowest BCUT2D eigenvalue weighted by molar-refractivity contribution is -0.133. The van der Waals surface area contributed by atoms with Gasteiger partial charge in [-0.05, 0) is 37.0 Å². The number of carboxylic acids is 1. The summed E-state index contributed by atoms with van der Waals surface area (Å²) in [6.45, 7) is 2.31. The van der Waals surface area contributed by atoms with Crippen LogP contribution >= 0.6 is 15.9 Å². The van der Waals surface area contributed by atoms with E-state index < -0.39 is 5.97 Å². The van der Waals surface area contributed by atoms with E-state index in [1.807, 2.05) is 0 Å². The molecule has 1 saturated carbocycles. The van der Waals surface area contributed by atoms with E-state index >= 15 is 0 Å². The topological polar surface area (TPSA) is 37.3 Å². The molecule has 0 aromatic carbocycles. The van der Waals surface area contributed by atoms with Crippen molar-refractivity contribution in [2.75, 3.05) is 0 Å². The average molecular weight is 287 g/mol. The number of rotatable bonds is 3. The molecule has 2 rings (SSSR count). The lowest BCUT2D eigenvalue weighted by atomic mass is 9.67. The minimum atomic E-state index is -0.752. The molecule has 1 atom stereocenters. The number of halogens is 1. The average Bonchev–Trinajstić information content (AvgIpc) is 2.11. The van der Waals surface area contributed by atoms with Crippen molar-refractivity contribution in [2.24, 2.45) is 11.3 Å². The van der Waals surface area contributed by atoms with Gasteiger partial charge in [-0.1, -0.05) is 42.1 Å². The Morgan fingerprint density at radius 3 is 2.69 bits per heavy atom. The molecule has 0 aliphatic heterocycles. The third-order valence-corrected chi connectivity index (χ3v) is 4.91. The summed E-state index contributed by atoms with van der Waals surface area (Å²) >= 11 is 3.46. The molecule has 0 unspecified atom stereocenters. The van der Waals surface area contributed by atoms with Crippen molar-refractivity contribution < 1.29 is 9.90 Å². The Kier molecular flexibility index (Phi) is 3.43. The van der Waals surface area contributed by atoms with Crippen LogP contribution in [0.3, 0.4) is 0 Å². The Bertz CT molecular complexity index is 331. The van der Waals surface area contributed by atoms with Crippen LogP contribution in [0.15, 0.2) is 10.1 Å². The Hall–Kier alpha value is -0.310. The molecular formula is C13H19BrO2. The predicted octanol–water partition coefficient (Wildman–Crippen LogP) is 4.10. The molecule has 2 aliphatic rings. The van der Waals surface area contributed by atoms with E-state index in [4.69, 9.17) is 5.11 Å². The highest BCUT2D eigenvalue weighted by Gasteiger charge is 2.35. The second-order valence-electron chi connectivity index (χ2n) is 5.68. The third-order valence-electron chi connectivity index (χ3n) is 4.15. The number of carboxylic acid groups (broad SMARTS) is 1. The summed E-state index contributed by atoms with van der Waals surface area (Å²) in [5, 5.41) is 9.03. The maximum atomic E-state index is 11.0. The van der Waals surface area contributed by atoms with Crippen LogP contribution in [-0.2, 0) is 4.79 Å². The van der Waals surface area contributed by atoms with Gasteiger partial charge in [-0.25, -0.2) is 4.79 Å². The maximum Gasteiger partial charge on any atom is 0.332 e. The highest BCUT2D eigenvalue weighted by atomic mass is 79.9. The lowest BCUT2D eigenvalue weighted by Gasteiger charge is -2.39. The molecule has 0 aromatic rings. The number of hydrogen-bond donors (Lipinski definition) is 1. The van der Waals surface area contributed by atoms with Gasteiger partial charge in [0.15, 0.2) is 0 Å². The molecule has 0 aromatic heterocycles. The van der Waals surface area contributed by atoms with Crippen LogP contribution in [0.4, 0.5) is 0 Å². The van der Waals surface area contributed by atoms with E-state index in [0.717, 1.165) is 29.7 Å². The van der Waals surface area contributed by atoms with Crippen molar-refractivity contribution in [3.63, 3.8) is 0 Å². The first kappa shape index (κ1) is 12.2. The van der Waals surface area contributed by atoms with Crippen molar-refractivity contribution in [1.82, 2.24) is 0 Å². The van der Waals surface area contributed by atoms with E-state index in [1.54, 1.807) is 0 Å². The molecule has 0 amide bonds. The minimum absolute atomic E-state index is 0.322. The van der Waals surface area contributed by atoms with Gasteiger partial charge in [-0.3, -0.25) is 0 Å². The van der Waals surface area contributed by atoms with Crippen LogP contribution in [0.2, 0.25) is 0 Å². The van der Waals surface area contributed by atoms with E-state index in [0.29, 0.717) is 11.0 Å². The molecule has 90 valence electrons. The van der Waals surface area contributed by atoms with E-state index in [9.17, 15) is 4.79 Å². The highest BCUT2D eigenvalue weighted by Crippen LogP contribution is 2.48. The normalized spacial score (nSPS) is 31.4. The monoisotopic (exact) mass is 286 g/mol. The molecule has 16 heavy (non-hydrogen) atoms. The number of allylic oxidation sites excluding steroid dienone is 1. The molecule has 0 heterocycles. The van der Waals surface area contributed by atoms with Crippen LogP contribution in [0.5, 0.6) is 0 Å². The Morgan fingerprint density at radius 2 is 2.25 bits per heavy atom. The standard InChI is InChI=1S/C13H19BrO2/c1-13(7-9-3-2-4-9)6-5-10(12(15)16)11(14)8-13/h9H,2-8H2,1H3,(H,15,16)/t13-/m1/s1. The van der Waals surface area contributed by atoms with Gasteiger partial charge in [0.05, 0.1) is 0 Å². The van der Waals surface area contributed by atoms with Crippen molar-refractivity contribution in [3.05, 3.63) is 10.1 Å². The number of aliphatic carboxylic acids is 1. The Balaban J connectivity index is 2.02. The summed E-state index contributed by atoms with van der Waals surface area (Å²) in [6, 6.07) is 0. The molecular weight excluding hydrogens is 268 g/mol. The minimum Gasteiger partial charge on any atom is -0.478 e. The second kappa shape index (κ2) is 4.52. The zero-order chi connectivity index (χ0) is 11.8. The fourth-order valence-corrected chi connectivity index (χ4v) is 3.97. The first-order valence-corrected chi connectivity index (χ1v) is 6.90. The van der Waals surface area contributed by atoms with E-state index in [1.165, 1.54) is 25.7 Å². The van der Waals surface area contributed by atoms with Crippen molar-refractivity contribution in [1.29, 1.82) is 0 Å². The van der Waals surface area contributed by atoms with Gasteiger partial charge < -0.3 is 5.11 Å². The number of carbonyl (C=O) groups is 1. The van der Waals surface area contributed by atoms with Gasteiger partial charge in [-0.2, -0.15) is 0 Å². The predicted molar refractivity (Wildman–Crippen MR) is 67.5 cm³/mol. The molecule has 0 bridgehead atoms. The fraction of sp³-hybridized carbons (Fsp3) is 0.769. The summed E-state index contributed by atoms with van der Waals surface area (Å²) in [4.78, 5) is 11.0.